The topological polar surface area (TPSA) is 46.0 Å². The van der Waals surface area contributed by atoms with Crippen LogP contribution in [0.2, 0.25) is 5.02 Å². The Morgan fingerprint density at radius 2 is 1.88 bits per heavy atom. The fraction of sp³-hybridized carbons (Fsp3) is 0.167. The highest BCUT2D eigenvalue weighted by atomic mass is 35.5. The number of hydrogen-bond donors (Lipinski definition) is 1. The Hall–Kier alpha value is -1.45. The minimum absolute atomic E-state index is 0.511. The number of rotatable bonds is 2. The molecule has 3 nitrogen and oxygen atoms in total. The minimum Gasteiger partial charge on any atom is -0.379 e. The van der Waals surface area contributed by atoms with Gasteiger partial charge in [-0.05, 0) is 24.6 Å². The van der Waals surface area contributed by atoms with E-state index in [1.165, 1.54) is 0 Å². The zero-order valence-electron chi connectivity index (χ0n) is 8.76. The molecule has 0 aliphatic heterocycles. The van der Waals surface area contributed by atoms with E-state index in [2.05, 4.69) is 9.97 Å². The van der Waals surface area contributed by atoms with Gasteiger partial charge in [0.2, 0.25) is 0 Å². The monoisotopic (exact) mass is 234 g/mol. The van der Waals surface area contributed by atoms with Crippen molar-refractivity contribution in [2.24, 2.45) is 0 Å². The summed E-state index contributed by atoms with van der Waals surface area (Å²) in [5, 5.41) is 11.0. The highest BCUT2D eigenvalue weighted by Crippen LogP contribution is 2.27. The van der Waals surface area contributed by atoms with E-state index in [9.17, 15) is 5.11 Å². The van der Waals surface area contributed by atoms with Gasteiger partial charge in [0, 0.05) is 17.4 Å². The SMILES string of the molecule is CC(O)(c1ccc(Cl)cc1)c1cnccn1. The molecule has 4 heteroatoms. The number of aromatic nitrogens is 2. The maximum atomic E-state index is 10.4. The molecule has 2 aromatic rings. The van der Waals surface area contributed by atoms with Crippen LogP contribution in [0, 0.1) is 0 Å². The Morgan fingerprint density at radius 3 is 2.44 bits per heavy atom. The lowest BCUT2D eigenvalue weighted by molar-refractivity contribution is 0.0969. The molecule has 2 rings (SSSR count). The third kappa shape index (κ3) is 2.05. The van der Waals surface area contributed by atoms with Gasteiger partial charge in [0.05, 0.1) is 11.9 Å². The summed E-state index contributed by atoms with van der Waals surface area (Å²) in [7, 11) is 0. The van der Waals surface area contributed by atoms with Gasteiger partial charge >= 0.3 is 0 Å². The first kappa shape index (κ1) is 11.0. The molecule has 82 valence electrons. The second-order valence-electron chi connectivity index (χ2n) is 3.67. The van der Waals surface area contributed by atoms with Crippen LogP contribution in [0.1, 0.15) is 18.2 Å². The summed E-state index contributed by atoms with van der Waals surface area (Å²) in [6.07, 6.45) is 4.68. The molecule has 1 aromatic carbocycles. The minimum atomic E-state index is -1.15. The first-order chi connectivity index (χ1) is 7.60. The Bertz CT molecular complexity index is 468. The molecule has 1 unspecified atom stereocenters. The average Bonchev–Trinajstić information content (AvgIpc) is 2.31. The van der Waals surface area contributed by atoms with Crippen LogP contribution >= 0.6 is 11.6 Å². The van der Waals surface area contributed by atoms with Gasteiger partial charge in [0.25, 0.3) is 0 Å². The lowest BCUT2D eigenvalue weighted by atomic mass is 9.93. The van der Waals surface area contributed by atoms with Crippen molar-refractivity contribution in [2.75, 3.05) is 0 Å². The molecule has 0 saturated heterocycles. The Morgan fingerprint density at radius 1 is 1.19 bits per heavy atom. The highest BCUT2D eigenvalue weighted by molar-refractivity contribution is 6.30. The third-order valence-corrected chi connectivity index (χ3v) is 2.72. The molecular formula is C12H11ClN2O. The van der Waals surface area contributed by atoms with E-state index in [0.717, 1.165) is 5.56 Å². The second kappa shape index (κ2) is 4.20. The molecule has 0 aliphatic rings. The molecule has 0 saturated carbocycles. The normalized spacial score (nSPS) is 14.4. The number of nitrogens with zero attached hydrogens (tertiary/aromatic N) is 2. The van der Waals surface area contributed by atoms with Gasteiger partial charge in [0.1, 0.15) is 5.60 Å². The van der Waals surface area contributed by atoms with E-state index in [-0.39, 0.29) is 0 Å². The number of aliphatic hydroxyl groups is 1. The van der Waals surface area contributed by atoms with Crippen molar-refractivity contribution in [3.8, 4) is 0 Å². The van der Waals surface area contributed by atoms with Crippen molar-refractivity contribution in [1.29, 1.82) is 0 Å². The number of hydrogen-bond acceptors (Lipinski definition) is 3. The fourth-order valence-electron chi connectivity index (χ4n) is 1.47. The summed E-state index contributed by atoms with van der Waals surface area (Å²) in [6.45, 7) is 1.68. The fourth-order valence-corrected chi connectivity index (χ4v) is 1.60. The van der Waals surface area contributed by atoms with Crippen molar-refractivity contribution < 1.29 is 5.11 Å². The van der Waals surface area contributed by atoms with E-state index in [4.69, 9.17) is 11.6 Å². The Kier molecular flexibility index (Phi) is 2.90. The zero-order valence-corrected chi connectivity index (χ0v) is 9.52. The predicted molar refractivity (Wildman–Crippen MR) is 62.2 cm³/mol. The number of benzene rings is 1. The maximum Gasteiger partial charge on any atom is 0.130 e. The average molecular weight is 235 g/mol. The zero-order chi connectivity index (χ0) is 11.6. The standard InChI is InChI=1S/C12H11ClN2O/c1-12(16,11-8-14-6-7-15-11)9-2-4-10(13)5-3-9/h2-8,16H,1H3. The molecule has 1 atom stereocenters. The van der Waals surface area contributed by atoms with Crippen LogP contribution < -0.4 is 0 Å². The molecule has 0 bridgehead atoms. The summed E-state index contributed by atoms with van der Waals surface area (Å²) in [5.74, 6) is 0. The largest absolute Gasteiger partial charge is 0.379 e. The first-order valence-electron chi connectivity index (χ1n) is 4.85. The van der Waals surface area contributed by atoms with Gasteiger partial charge in [-0.3, -0.25) is 9.97 Å². The first-order valence-corrected chi connectivity index (χ1v) is 5.23. The van der Waals surface area contributed by atoms with Crippen LogP contribution in [-0.4, -0.2) is 15.1 Å². The van der Waals surface area contributed by atoms with E-state index in [1.54, 1.807) is 49.8 Å². The molecule has 1 N–H and O–H groups in total. The van der Waals surface area contributed by atoms with Crippen LogP contribution in [0.25, 0.3) is 0 Å². The van der Waals surface area contributed by atoms with E-state index in [0.29, 0.717) is 10.7 Å². The van der Waals surface area contributed by atoms with E-state index < -0.39 is 5.60 Å². The molecule has 1 aromatic heterocycles. The van der Waals surface area contributed by atoms with Gasteiger partial charge in [-0.2, -0.15) is 0 Å². The van der Waals surface area contributed by atoms with Gasteiger partial charge in [-0.1, -0.05) is 23.7 Å². The number of halogens is 1. The summed E-state index contributed by atoms with van der Waals surface area (Å²) in [4.78, 5) is 8.05. The molecule has 0 fully saturated rings. The summed E-state index contributed by atoms with van der Waals surface area (Å²) >= 11 is 5.80. The third-order valence-electron chi connectivity index (χ3n) is 2.47. The summed E-state index contributed by atoms with van der Waals surface area (Å²) < 4.78 is 0. The van der Waals surface area contributed by atoms with Gasteiger partial charge < -0.3 is 5.11 Å². The Labute approximate surface area is 98.8 Å². The molecule has 0 amide bonds. The second-order valence-corrected chi connectivity index (χ2v) is 4.11. The summed E-state index contributed by atoms with van der Waals surface area (Å²) in [5.41, 5.74) is 0.0912. The van der Waals surface area contributed by atoms with Crippen LogP contribution in [-0.2, 0) is 5.60 Å². The lowest BCUT2D eigenvalue weighted by Crippen LogP contribution is -2.24. The van der Waals surface area contributed by atoms with Crippen LogP contribution in [0.5, 0.6) is 0 Å². The van der Waals surface area contributed by atoms with Crippen LogP contribution in [0.15, 0.2) is 42.9 Å². The molecular weight excluding hydrogens is 224 g/mol. The van der Waals surface area contributed by atoms with Crippen LogP contribution in [0.4, 0.5) is 0 Å². The predicted octanol–water partition coefficient (Wildman–Crippen LogP) is 2.39. The Balaban J connectivity index is 2.43. The summed E-state index contributed by atoms with van der Waals surface area (Å²) in [6, 6.07) is 7.03. The molecule has 1 heterocycles. The molecule has 16 heavy (non-hydrogen) atoms. The van der Waals surface area contributed by atoms with Crippen LogP contribution in [0.3, 0.4) is 0 Å². The van der Waals surface area contributed by atoms with E-state index in [1.807, 2.05) is 0 Å². The van der Waals surface area contributed by atoms with E-state index >= 15 is 0 Å². The van der Waals surface area contributed by atoms with Gasteiger partial charge in [-0.25, -0.2) is 0 Å². The molecule has 0 spiro atoms. The van der Waals surface area contributed by atoms with Crippen molar-refractivity contribution in [3.63, 3.8) is 0 Å². The van der Waals surface area contributed by atoms with Gasteiger partial charge in [-0.15, -0.1) is 0 Å². The van der Waals surface area contributed by atoms with Crippen molar-refractivity contribution in [3.05, 3.63) is 59.1 Å². The van der Waals surface area contributed by atoms with Crippen molar-refractivity contribution in [1.82, 2.24) is 9.97 Å². The van der Waals surface area contributed by atoms with Crippen molar-refractivity contribution >= 4 is 11.6 Å². The highest BCUT2D eigenvalue weighted by Gasteiger charge is 2.27. The maximum absolute atomic E-state index is 10.4. The molecule has 0 radical (unpaired) electrons. The quantitative estimate of drug-likeness (QED) is 0.868. The van der Waals surface area contributed by atoms with Gasteiger partial charge in [0.15, 0.2) is 0 Å². The molecule has 0 aliphatic carbocycles. The smallest absolute Gasteiger partial charge is 0.130 e. The van der Waals surface area contributed by atoms with Crippen molar-refractivity contribution in [2.45, 2.75) is 12.5 Å². The lowest BCUT2D eigenvalue weighted by Gasteiger charge is -2.22.